The molecule has 45 heavy (non-hydrogen) atoms. The van der Waals surface area contributed by atoms with Gasteiger partial charge >= 0.3 is 0 Å². The Morgan fingerprint density at radius 1 is 1.09 bits per heavy atom. The molecule has 2 aliphatic heterocycles. The largest absolute Gasteiger partial charge is 0.492 e. The molecule has 13 heteroatoms. The van der Waals surface area contributed by atoms with Crippen molar-refractivity contribution in [1.29, 1.82) is 0 Å². The number of ether oxygens (including phenoxy) is 1. The Kier molecular flexibility index (Phi) is 11.4. The first kappa shape index (κ1) is 33.2. The molecule has 2 atom stereocenters. The Morgan fingerprint density at radius 3 is 2.47 bits per heavy atom. The van der Waals surface area contributed by atoms with Crippen molar-refractivity contribution in [3.05, 3.63) is 63.4 Å². The number of thioether (sulfide) groups is 1. The molecule has 3 N–H and O–H groups in total. The molecule has 0 saturated carbocycles. The number of hydrogen-bond acceptors (Lipinski definition) is 9. The molecular weight excluding hydrogens is 614 g/mol. The summed E-state index contributed by atoms with van der Waals surface area (Å²) >= 11 is 7.42. The van der Waals surface area contributed by atoms with Crippen molar-refractivity contribution in [3.63, 3.8) is 0 Å². The number of likely N-dealkylation sites (tertiary alicyclic amines) is 1. The minimum Gasteiger partial charge on any atom is -0.492 e. The zero-order chi connectivity index (χ0) is 31.9. The predicted octanol–water partition coefficient (Wildman–Crippen LogP) is 2.45. The van der Waals surface area contributed by atoms with Gasteiger partial charge in [0, 0.05) is 77.5 Å². The van der Waals surface area contributed by atoms with Crippen LogP contribution in [0.15, 0.2) is 52.4 Å². The molecule has 0 radical (unpaired) electrons. The fraction of sp³-hybridized carbons (Fsp3) is 0.500. The number of carbonyl (C=O) groups excluding carboxylic acids is 2. The summed E-state index contributed by atoms with van der Waals surface area (Å²) in [7, 11) is 1.61. The molecule has 2 aliphatic rings. The third-order valence-corrected chi connectivity index (χ3v) is 10.00. The standard InChI is InChI=1S/C32H42ClN7O4S/c1-3-40-30(42)26-20-24(33)6-9-27(26)36-32(40)45-28(31(43)39-12-10-23(21-39)29(41)35-2)22-4-7-25(8-5-22)44-19-18-38-16-14-37(13-11-34)15-17-38/h4-9,20,23,28H,3,10-19,21,34H2,1-2H3,(H,35,41)/t23-,28?/m0/s1. The summed E-state index contributed by atoms with van der Waals surface area (Å²) in [4.78, 5) is 51.1. The van der Waals surface area contributed by atoms with Crippen molar-refractivity contribution in [2.75, 3.05) is 72.6 Å². The lowest BCUT2D eigenvalue weighted by atomic mass is 10.1. The Balaban J connectivity index is 1.34. The topological polar surface area (TPSA) is 126 Å². The van der Waals surface area contributed by atoms with E-state index in [2.05, 4.69) is 15.1 Å². The van der Waals surface area contributed by atoms with Gasteiger partial charge in [-0.25, -0.2) is 4.98 Å². The van der Waals surface area contributed by atoms with E-state index < -0.39 is 5.25 Å². The average Bonchev–Trinajstić information content (AvgIpc) is 3.55. The van der Waals surface area contributed by atoms with Crippen molar-refractivity contribution in [2.24, 2.45) is 11.7 Å². The fourth-order valence-corrected chi connectivity index (χ4v) is 7.32. The molecule has 242 valence electrons. The third kappa shape index (κ3) is 7.98. The van der Waals surface area contributed by atoms with Crippen molar-refractivity contribution >= 4 is 46.1 Å². The number of nitrogens with one attached hydrogen (secondary N) is 1. The van der Waals surface area contributed by atoms with Crippen LogP contribution in [-0.4, -0.2) is 109 Å². The Hall–Kier alpha value is -3.16. The van der Waals surface area contributed by atoms with Crippen LogP contribution in [0.1, 0.15) is 24.2 Å². The molecule has 2 fully saturated rings. The maximum Gasteiger partial charge on any atom is 0.262 e. The molecule has 11 nitrogen and oxygen atoms in total. The first-order chi connectivity index (χ1) is 21.8. The highest BCUT2D eigenvalue weighted by atomic mass is 35.5. The quantitative estimate of drug-likeness (QED) is 0.224. The number of nitrogens with two attached hydrogens (primary N) is 1. The van der Waals surface area contributed by atoms with Crippen LogP contribution >= 0.6 is 23.4 Å². The van der Waals surface area contributed by atoms with Gasteiger partial charge in [-0.2, -0.15) is 0 Å². The molecular formula is C32H42ClN7O4S. The number of piperazine rings is 1. The van der Waals surface area contributed by atoms with Gasteiger partial charge in [0.25, 0.3) is 5.56 Å². The van der Waals surface area contributed by atoms with Gasteiger partial charge in [-0.1, -0.05) is 35.5 Å². The van der Waals surface area contributed by atoms with E-state index in [1.807, 2.05) is 31.2 Å². The second-order valence-electron chi connectivity index (χ2n) is 11.4. The minimum absolute atomic E-state index is 0.0666. The summed E-state index contributed by atoms with van der Waals surface area (Å²) in [5.41, 5.74) is 6.77. The van der Waals surface area contributed by atoms with Crippen molar-refractivity contribution in [1.82, 2.24) is 29.6 Å². The highest BCUT2D eigenvalue weighted by Gasteiger charge is 2.35. The van der Waals surface area contributed by atoms with E-state index in [0.717, 1.165) is 50.6 Å². The SMILES string of the molecule is CCn1c(SC(C(=O)N2CC[C@H](C(=O)NC)C2)c2ccc(OCCN3CCN(CCN)CC3)cc2)nc2ccc(Cl)cc2c1=O. The van der Waals surface area contributed by atoms with Crippen molar-refractivity contribution in [2.45, 2.75) is 30.3 Å². The van der Waals surface area contributed by atoms with E-state index in [1.54, 1.807) is 34.7 Å². The molecule has 0 bridgehead atoms. The van der Waals surface area contributed by atoms with Gasteiger partial charge in [0.05, 0.1) is 16.8 Å². The number of hydrogen-bond donors (Lipinski definition) is 2. The van der Waals surface area contributed by atoms with Crippen LogP contribution in [0.2, 0.25) is 5.02 Å². The minimum atomic E-state index is -0.679. The number of aromatic nitrogens is 2. The second kappa shape index (κ2) is 15.4. The van der Waals surface area contributed by atoms with Crippen LogP contribution in [0.25, 0.3) is 10.9 Å². The number of amides is 2. The van der Waals surface area contributed by atoms with Crippen molar-refractivity contribution in [3.8, 4) is 5.75 Å². The number of rotatable bonds is 12. The molecule has 2 aromatic carbocycles. The smallest absolute Gasteiger partial charge is 0.262 e. The molecule has 0 spiro atoms. The van der Waals surface area contributed by atoms with E-state index >= 15 is 0 Å². The van der Waals surface area contributed by atoms with Gasteiger partial charge < -0.3 is 20.7 Å². The van der Waals surface area contributed by atoms with E-state index in [1.165, 1.54) is 11.8 Å². The van der Waals surface area contributed by atoms with Crippen LogP contribution in [0.3, 0.4) is 0 Å². The zero-order valence-electron chi connectivity index (χ0n) is 25.9. The lowest BCUT2D eigenvalue weighted by Crippen LogP contribution is -2.48. The first-order valence-electron chi connectivity index (χ1n) is 15.6. The molecule has 2 saturated heterocycles. The van der Waals surface area contributed by atoms with Gasteiger partial charge in [-0.15, -0.1) is 0 Å². The van der Waals surface area contributed by atoms with Gasteiger partial charge in [0.2, 0.25) is 11.8 Å². The second-order valence-corrected chi connectivity index (χ2v) is 12.9. The predicted molar refractivity (Wildman–Crippen MR) is 178 cm³/mol. The number of fused-ring (bicyclic) bond motifs is 1. The van der Waals surface area contributed by atoms with E-state index in [0.29, 0.717) is 60.3 Å². The van der Waals surface area contributed by atoms with Crippen LogP contribution in [0, 0.1) is 5.92 Å². The van der Waals surface area contributed by atoms with Crippen LogP contribution in [-0.2, 0) is 16.1 Å². The van der Waals surface area contributed by atoms with Crippen LogP contribution < -0.4 is 21.3 Å². The average molecular weight is 656 g/mol. The van der Waals surface area contributed by atoms with Crippen LogP contribution in [0.4, 0.5) is 0 Å². The van der Waals surface area contributed by atoms with E-state index in [9.17, 15) is 14.4 Å². The highest BCUT2D eigenvalue weighted by molar-refractivity contribution is 8.00. The highest BCUT2D eigenvalue weighted by Crippen LogP contribution is 2.38. The lowest BCUT2D eigenvalue weighted by Gasteiger charge is -2.34. The molecule has 1 unspecified atom stereocenters. The molecule has 0 aliphatic carbocycles. The lowest BCUT2D eigenvalue weighted by molar-refractivity contribution is -0.130. The van der Waals surface area contributed by atoms with Gasteiger partial charge in [-0.3, -0.25) is 28.8 Å². The first-order valence-corrected chi connectivity index (χ1v) is 16.8. The van der Waals surface area contributed by atoms with Crippen LogP contribution in [0.5, 0.6) is 5.75 Å². The summed E-state index contributed by atoms with van der Waals surface area (Å²) in [5.74, 6) is 0.287. The zero-order valence-corrected chi connectivity index (χ0v) is 27.5. The third-order valence-electron chi connectivity index (χ3n) is 8.53. The number of carbonyl (C=O) groups is 2. The monoisotopic (exact) mass is 655 g/mol. The summed E-state index contributed by atoms with van der Waals surface area (Å²) in [6.07, 6.45) is 0.603. The Labute approximate surface area is 273 Å². The fourth-order valence-electron chi connectivity index (χ4n) is 5.90. The maximum atomic E-state index is 14.1. The van der Waals surface area contributed by atoms with E-state index in [4.69, 9.17) is 27.1 Å². The normalized spacial score (nSPS) is 18.3. The number of halogens is 1. The summed E-state index contributed by atoms with van der Waals surface area (Å²) in [5, 5.41) is 3.36. The number of benzene rings is 2. The molecule has 2 amide bonds. The van der Waals surface area contributed by atoms with Gasteiger partial charge in [0.1, 0.15) is 17.6 Å². The molecule has 3 heterocycles. The maximum absolute atomic E-state index is 14.1. The van der Waals surface area contributed by atoms with Gasteiger partial charge in [0.15, 0.2) is 5.16 Å². The summed E-state index contributed by atoms with van der Waals surface area (Å²) in [6.45, 7) is 10.2. The Morgan fingerprint density at radius 2 is 1.80 bits per heavy atom. The van der Waals surface area contributed by atoms with Gasteiger partial charge in [-0.05, 0) is 49.2 Å². The molecule has 3 aromatic rings. The summed E-state index contributed by atoms with van der Waals surface area (Å²) in [6, 6.07) is 12.6. The summed E-state index contributed by atoms with van der Waals surface area (Å²) < 4.78 is 7.65. The molecule has 5 rings (SSSR count). The molecule has 1 aromatic heterocycles. The van der Waals surface area contributed by atoms with E-state index in [-0.39, 0.29) is 23.3 Å². The van der Waals surface area contributed by atoms with Crippen molar-refractivity contribution < 1.29 is 14.3 Å². The number of nitrogens with zero attached hydrogens (tertiary/aromatic N) is 5. The Bertz CT molecular complexity index is 1550.